The molecule has 3 aliphatic rings. The Labute approximate surface area is 209 Å². The molecule has 1 aliphatic carbocycles. The van der Waals surface area contributed by atoms with Gasteiger partial charge in [0.15, 0.2) is 11.5 Å². The molecular formula is C25H33F2N3O6. The van der Waals surface area contributed by atoms with E-state index in [1.807, 2.05) is 6.92 Å². The first kappa shape index (κ1) is 26.0. The van der Waals surface area contributed by atoms with Gasteiger partial charge in [-0.1, -0.05) is 6.07 Å². The normalized spacial score (nSPS) is 24.2. The molecule has 1 saturated carbocycles. The van der Waals surface area contributed by atoms with Crippen LogP contribution in [0.1, 0.15) is 44.6 Å². The number of hydrogen-bond donors (Lipinski definition) is 0. The largest absolute Gasteiger partial charge is 0.489 e. The van der Waals surface area contributed by atoms with Crippen molar-refractivity contribution in [3.8, 4) is 11.5 Å². The number of alkyl halides is 2. The summed E-state index contributed by atoms with van der Waals surface area (Å²) in [5.41, 5.74) is 0.799. The van der Waals surface area contributed by atoms with Crippen LogP contribution in [0.4, 0.5) is 13.6 Å². The van der Waals surface area contributed by atoms with E-state index in [2.05, 4.69) is 4.74 Å². The average Bonchev–Trinajstić information content (AvgIpc) is 3.57. The molecule has 3 amide bonds. The van der Waals surface area contributed by atoms with E-state index < -0.39 is 18.7 Å². The Morgan fingerprint density at radius 3 is 2.44 bits per heavy atom. The highest BCUT2D eigenvalue weighted by Crippen LogP contribution is 2.39. The predicted molar refractivity (Wildman–Crippen MR) is 125 cm³/mol. The van der Waals surface area contributed by atoms with E-state index >= 15 is 0 Å². The van der Waals surface area contributed by atoms with Crippen LogP contribution in [0.15, 0.2) is 18.2 Å². The lowest BCUT2D eigenvalue weighted by molar-refractivity contribution is -0.144. The third-order valence-corrected chi connectivity index (χ3v) is 7.17. The maximum Gasteiger partial charge on any atom is 0.409 e. The van der Waals surface area contributed by atoms with Crippen molar-refractivity contribution in [2.24, 2.45) is 5.92 Å². The molecule has 0 radical (unpaired) electrons. The van der Waals surface area contributed by atoms with Crippen LogP contribution in [0.2, 0.25) is 0 Å². The summed E-state index contributed by atoms with van der Waals surface area (Å²) in [6.45, 7) is 2.13. The van der Waals surface area contributed by atoms with Crippen LogP contribution in [-0.4, -0.2) is 91.2 Å². The van der Waals surface area contributed by atoms with E-state index in [-0.39, 0.29) is 35.3 Å². The van der Waals surface area contributed by atoms with Crippen molar-refractivity contribution < 1.29 is 37.4 Å². The Morgan fingerprint density at radius 2 is 1.83 bits per heavy atom. The van der Waals surface area contributed by atoms with Gasteiger partial charge in [-0.3, -0.25) is 9.59 Å². The first-order valence-corrected chi connectivity index (χ1v) is 12.3. The number of methoxy groups -OCH3 is 1. The van der Waals surface area contributed by atoms with Crippen molar-refractivity contribution in [3.05, 3.63) is 23.8 Å². The summed E-state index contributed by atoms with van der Waals surface area (Å²) in [5.74, 6) is 0.113. The van der Waals surface area contributed by atoms with Crippen molar-refractivity contribution in [1.29, 1.82) is 0 Å². The zero-order chi connectivity index (χ0) is 26.0. The van der Waals surface area contributed by atoms with Crippen molar-refractivity contribution in [2.75, 3.05) is 39.9 Å². The van der Waals surface area contributed by atoms with Gasteiger partial charge in [0.05, 0.1) is 13.7 Å². The molecule has 36 heavy (non-hydrogen) atoms. The van der Waals surface area contributed by atoms with Crippen molar-refractivity contribution in [1.82, 2.24) is 14.7 Å². The number of rotatable bonds is 7. The van der Waals surface area contributed by atoms with Crippen LogP contribution < -0.4 is 9.47 Å². The molecule has 9 nitrogen and oxygen atoms in total. The quantitative estimate of drug-likeness (QED) is 0.562. The van der Waals surface area contributed by atoms with E-state index in [4.69, 9.17) is 9.47 Å². The van der Waals surface area contributed by atoms with Gasteiger partial charge in [0, 0.05) is 45.1 Å². The lowest BCUT2D eigenvalue weighted by Crippen LogP contribution is -2.58. The summed E-state index contributed by atoms with van der Waals surface area (Å²) in [4.78, 5) is 42.7. The topological polar surface area (TPSA) is 88.6 Å². The van der Waals surface area contributed by atoms with Gasteiger partial charge in [0.2, 0.25) is 11.8 Å². The van der Waals surface area contributed by atoms with Crippen molar-refractivity contribution in [3.63, 3.8) is 0 Å². The van der Waals surface area contributed by atoms with Gasteiger partial charge in [-0.2, -0.15) is 8.78 Å². The van der Waals surface area contributed by atoms with Gasteiger partial charge in [-0.15, -0.1) is 0 Å². The molecule has 3 fully saturated rings. The third kappa shape index (κ3) is 5.82. The fourth-order valence-corrected chi connectivity index (χ4v) is 4.99. The van der Waals surface area contributed by atoms with Crippen LogP contribution in [0, 0.1) is 5.92 Å². The van der Waals surface area contributed by atoms with E-state index in [0.29, 0.717) is 45.1 Å². The minimum atomic E-state index is -2.97. The number of carbonyl (C=O) groups excluding carboxylic acids is 3. The van der Waals surface area contributed by atoms with Crippen LogP contribution in [0.5, 0.6) is 11.5 Å². The zero-order valence-corrected chi connectivity index (χ0v) is 20.8. The fourth-order valence-electron chi connectivity index (χ4n) is 4.99. The van der Waals surface area contributed by atoms with Crippen LogP contribution >= 0.6 is 0 Å². The van der Waals surface area contributed by atoms with E-state index in [9.17, 15) is 23.2 Å². The van der Waals surface area contributed by atoms with Crippen molar-refractivity contribution in [2.45, 2.75) is 57.7 Å². The molecule has 198 valence electrons. The van der Waals surface area contributed by atoms with E-state index in [1.165, 1.54) is 20.1 Å². The number of hydrogen-bond acceptors (Lipinski definition) is 6. The Balaban J connectivity index is 1.49. The number of piperazine rings is 1. The molecule has 4 rings (SSSR count). The van der Waals surface area contributed by atoms with Gasteiger partial charge in [0.25, 0.3) is 0 Å². The fraction of sp³-hybridized carbons (Fsp3) is 0.640. The summed E-state index contributed by atoms with van der Waals surface area (Å²) in [6, 6.07) is 3.98. The number of nitrogens with zero attached hydrogens (tertiary/aromatic N) is 3. The monoisotopic (exact) mass is 509 g/mol. The first-order valence-electron chi connectivity index (χ1n) is 12.3. The smallest absolute Gasteiger partial charge is 0.409 e. The van der Waals surface area contributed by atoms with Crippen LogP contribution in [0.25, 0.3) is 0 Å². The van der Waals surface area contributed by atoms with E-state index in [1.54, 1.807) is 26.8 Å². The Kier molecular flexibility index (Phi) is 7.85. The molecule has 2 saturated heterocycles. The second kappa shape index (κ2) is 10.9. The summed E-state index contributed by atoms with van der Waals surface area (Å²) >= 11 is 0. The zero-order valence-electron chi connectivity index (χ0n) is 20.8. The molecule has 0 aromatic heterocycles. The third-order valence-electron chi connectivity index (χ3n) is 7.17. The molecule has 2 unspecified atom stereocenters. The maximum absolute atomic E-state index is 13.5. The number of carbonyl (C=O) groups is 3. The summed E-state index contributed by atoms with van der Waals surface area (Å²) in [6.07, 6.45) is 2.08. The number of halogens is 2. The second-order valence-electron chi connectivity index (χ2n) is 9.76. The van der Waals surface area contributed by atoms with Gasteiger partial charge in [-0.05, 0) is 49.8 Å². The second-order valence-corrected chi connectivity index (χ2v) is 9.76. The number of amides is 3. The highest BCUT2D eigenvalue weighted by atomic mass is 19.3. The Morgan fingerprint density at radius 1 is 1.08 bits per heavy atom. The lowest BCUT2D eigenvalue weighted by Gasteiger charge is -2.40. The number of benzene rings is 1. The Hall–Kier alpha value is -3.11. The molecule has 1 aromatic carbocycles. The number of ether oxygens (including phenoxy) is 3. The van der Waals surface area contributed by atoms with Gasteiger partial charge >= 0.3 is 12.7 Å². The molecule has 0 spiro atoms. The molecule has 3 atom stereocenters. The first-order chi connectivity index (χ1) is 17.2. The van der Waals surface area contributed by atoms with Crippen LogP contribution in [-0.2, 0) is 14.3 Å². The average molecular weight is 510 g/mol. The number of likely N-dealkylation sites (tertiary alicyclic amines) is 1. The molecule has 0 N–H and O–H groups in total. The van der Waals surface area contributed by atoms with Crippen molar-refractivity contribution >= 4 is 17.9 Å². The lowest BCUT2D eigenvalue weighted by atomic mass is 9.95. The predicted octanol–water partition coefficient (Wildman–Crippen LogP) is 3.08. The summed E-state index contributed by atoms with van der Waals surface area (Å²) < 4.78 is 41.0. The standard InChI is InChI=1S/C25H33F2N3O6/c1-15-12-28(8-9-29(15)25(33)34-3)23(32)20-10-19(13-30(20)16(2)31)18-6-7-21(36-24(26)27)22(11-18)35-14-17-4-5-17/h6-7,11,15,17,19-20,24H,4-5,8-10,12-14H2,1-3H3/t15?,19?,20-/m0/s1. The highest BCUT2D eigenvalue weighted by molar-refractivity contribution is 5.88. The van der Waals surface area contributed by atoms with Gasteiger partial charge in [0.1, 0.15) is 6.04 Å². The van der Waals surface area contributed by atoms with Crippen LogP contribution in [0.3, 0.4) is 0 Å². The highest BCUT2D eigenvalue weighted by Gasteiger charge is 2.42. The molecule has 2 heterocycles. The summed E-state index contributed by atoms with van der Waals surface area (Å²) in [7, 11) is 1.32. The molecule has 0 bridgehead atoms. The molecule has 2 aliphatic heterocycles. The molecule has 1 aromatic rings. The minimum Gasteiger partial charge on any atom is -0.489 e. The summed E-state index contributed by atoms with van der Waals surface area (Å²) in [5, 5.41) is 0. The maximum atomic E-state index is 13.5. The molecular weight excluding hydrogens is 476 g/mol. The minimum absolute atomic E-state index is 0.0269. The Bertz CT molecular complexity index is 989. The SMILES string of the molecule is COC(=O)N1CCN(C(=O)[C@@H]2CC(c3ccc(OC(F)F)c(OCC4CC4)c3)CN2C(C)=O)CC1C. The van der Waals surface area contributed by atoms with E-state index in [0.717, 1.165) is 18.4 Å². The van der Waals surface area contributed by atoms with Gasteiger partial charge in [-0.25, -0.2) is 4.79 Å². The van der Waals surface area contributed by atoms with Gasteiger partial charge < -0.3 is 28.9 Å². The molecule has 11 heteroatoms.